The number of nitrogens with zero attached hydrogens (tertiary/aromatic N) is 3. The number of hydrogen-bond donors (Lipinski definition) is 1. The summed E-state index contributed by atoms with van der Waals surface area (Å²) in [5, 5.41) is 3.04. The Morgan fingerprint density at radius 1 is 1.18 bits per heavy atom. The Balaban J connectivity index is 1.36. The number of carbonyl (C=O) groups excluding carboxylic acids is 1. The number of pyridine rings is 1. The third-order valence-corrected chi connectivity index (χ3v) is 5.10. The molecule has 1 saturated heterocycles. The molecule has 5 nitrogen and oxygen atoms in total. The van der Waals surface area contributed by atoms with Gasteiger partial charge in [-0.25, -0.2) is 0 Å². The van der Waals surface area contributed by atoms with Gasteiger partial charge < -0.3 is 10.2 Å². The van der Waals surface area contributed by atoms with Gasteiger partial charge in [0.25, 0.3) is 0 Å². The molecule has 148 valence electrons. The third kappa shape index (κ3) is 6.20. The van der Waals surface area contributed by atoms with Crippen molar-refractivity contribution in [2.75, 3.05) is 37.6 Å². The average molecular weight is 379 g/mol. The molecule has 3 rings (SSSR count). The van der Waals surface area contributed by atoms with E-state index in [-0.39, 0.29) is 11.9 Å². The monoisotopic (exact) mass is 378 g/mol. The van der Waals surface area contributed by atoms with Crippen LogP contribution in [0.15, 0.2) is 54.7 Å². The molecule has 1 aromatic carbocycles. The summed E-state index contributed by atoms with van der Waals surface area (Å²) < 4.78 is 0. The first-order valence-electron chi connectivity index (χ1n) is 10.0. The Labute approximate surface area is 168 Å². The molecular formula is C23H30N4O. The molecule has 0 saturated carbocycles. The predicted molar refractivity (Wildman–Crippen MR) is 115 cm³/mol. The molecule has 1 amide bonds. The number of amides is 1. The second-order valence-electron chi connectivity index (χ2n) is 7.45. The molecule has 2 heterocycles. The van der Waals surface area contributed by atoms with Crippen molar-refractivity contribution in [2.24, 2.45) is 0 Å². The van der Waals surface area contributed by atoms with Crippen molar-refractivity contribution < 1.29 is 4.79 Å². The quantitative estimate of drug-likeness (QED) is 0.752. The van der Waals surface area contributed by atoms with Crippen LogP contribution in [0.3, 0.4) is 0 Å². The summed E-state index contributed by atoms with van der Waals surface area (Å²) in [6, 6.07) is 14.5. The van der Waals surface area contributed by atoms with Gasteiger partial charge in [0.05, 0.1) is 5.69 Å². The van der Waals surface area contributed by atoms with Gasteiger partial charge in [0.1, 0.15) is 0 Å². The van der Waals surface area contributed by atoms with Gasteiger partial charge in [0.2, 0.25) is 5.91 Å². The minimum absolute atomic E-state index is 0.0672. The van der Waals surface area contributed by atoms with Gasteiger partial charge in [-0.3, -0.25) is 14.7 Å². The number of benzene rings is 1. The fourth-order valence-electron chi connectivity index (χ4n) is 3.43. The normalized spacial score (nSPS) is 16.3. The Hall–Kier alpha value is -2.66. The molecule has 2 aromatic rings. The SMILES string of the molecule is Cc1cccc(N2CCN(CCC(C)NC(=O)/C=C/c3ccccn3)CC2)c1. The van der Waals surface area contributed by atoms with Crippen LogP contribution in [-0.4, -0.2) is 54.6 Å². The lowest BCUT2D eigenvalue weighted by Crippen LogP contribution is -2.47. The molecule has 0 bridgehead atoms. The van der Waals surface area contributed by atoms with Crippen LogP contribution in [-0.2, 0) is 4.79 Å². The van der Waals surface area contributed by atoms with E-state index in [2.05, 4.69) is 58.2 Å². The predicted octanol–water partition coefficient (Wildman–Crippen LogP) is 3.12. The number of aryl methyl sites for hydroxylation is 1. The molecular weight excluding hydrogens is 348 g/mol. The largest absolute Gasteiger partial charge is 0.369 e. The molecule has 0 radical (unpaired) electrons. The van der Waals surface area contributed by atoms with Gasteiger partial charge in [-0.15, -0.1) is 0 Å². The smallest absolute Gasteiger partial charge is 0.244 e. The number of carbonyl (C=O) groups is 1. The highest BCUT2D eigenvalue weighted by Gasteiger charge is 2.17. The van der Waals surface area contributed by atoms with Crippen LogP contribution in [0.4, 0.5) is 5.69 Å². The zero-order valence-electron chi connectivity index (χ0n) is 16.8. The summed E-state index contributed by atoms with van der Waals surface area (Å²) in [6.45, 7) is 9.44. The highest BCUT2D eigenvalue weighted by atomic mass is 16.1. The van der Waals surface area contributed by atoms with Crippen molar-refractivity contribution in [1.29, 1.82) is 0 Å². The number of hydrogen-bond acceptors (Lipinski definition) is 4. The zero-order chi connectivity index (χ0) is 19.8. The zero-order valence-corrected chi connectivity index (χ0v) is 16.8. The van der Waals surface area contributed by atoms with Gasteiger partial charge in [-0.05, 0) is 56.2 Å². The summed E-state index contributed by atoms with van der Waals surface area (Å²) in [5.41, 5.74) is 3.42. The number of piperazine rings is 1. The first-order valence-corrected chi connectivity index (χ1v) is 10.0. The molecule has 0 aliphatic carbocycles. The summed E-state index contributed by atoms with van der Waals surface area (Å²) in [5.74, 6) is -0.0672. The highest BCUT2D eigenvalue weighted by molar-refractivity contribution is 5.91. The van der Waals surface area contributed by atoms with E-state index >= 15 is 0 Å². The van der Waals surface area contributed by atoms with Gasteiger partial charge in [0.15, 0.2) is 0 Å². The van der Waals surface area contributed by atoms with Gasteiger partial charge in [-0.2, -0.15) is 0 Å². The Morgan fingerprint density at radius 2 is 2.00 bits per heavy atom. The van der Waals surface area contributed by atoms with Crippen LogP contribution in [0.2, 0.25) is 0 Å². The second kappa shape index (κ2) is 10.0. The number of nitrogens with one attached hydrogen (secondary N) is 1. The molecule has 1 fully saturated rings. The van der Waals surface area contributed by atoms with Crippen LogP contribution in [0, 0.1) is 6.92 Å². The molecule has 1 aliphatic rings. The lowest BCUT2D eigenvalue weighted by Gasteiger charge is -2.36. The number of aromatic nitrogens is 1. The minimum atomic E-state index is -0.0672. The van der Waals surface area contributed by atoms with Crippen molar-refractivity contribution in [3.05, 3.63) is 66.0 Å². The van der Waals surface area contributed by atoms with E-state index in [9.17, 15) is 4.79 Å². The van der Waals surface area contributed by atoms with Gasteiger partial charge in [0, 0.05) is 56.7 Å². The Bertz CT molecular complexity index is 782. The van der Waals surface area contributed by atoms with Crippen LogP contribution >= 0.6 is 0 Å². The molecule has 1 unspecified atom stereocenters. The first-order chi connectivity index (χ1) is 13.6. The summed E-state index contributed by atoms with van der Waals surface area (Å²) >= 11 is 0. The molecule has 1 N–H and O–H groups in total. The van der Waals surface area contributed by atoms with Crippen molar-refractivity contribution in [3.8, 4) is 0 Å². The maximum absolute atomic E-state index is 12.1. The van der Waals surface area contributed by atoms with E-state index in [1.54, 1.807) is 18.3 Å². The lowest BCUT2D eigenvalue weighted by molar-refractivity contribution is -0.117. The number of anilines is 1. The van der Waals surface area contributed by atoms with Crippen molar-refractivity contribution in [3.63, 3.8) is 0 Å². The van der Waals surface area contributed by atoms with Crippen molar-refractivity contribution >= 4 is 17.7 Å². The van der Waals surface area contributed by atoms with Crippen LogP contribution in [0.25, 0.3) is 6.08 Å². The van der Waals surface area contributed by atoms with E-state index in [0.29, 0.717) is 0 Å². The van der Waals surface area contributed by atoms with Crippen molar-refractivity contribution in [2.45, 2.75) is 26.3 Å². The minimum Gasteiger partial charge on any atom is -0.369 e. The molecule has 0 spiro atoms. The topological polar surface area (TPSA) is 48.5 Å². The maximum atomic E-state index is 12.1. The van der Waals surface area contributed by atoms with Crippen LogP contribution in [0.1, 0.15) is 24.6 Å². The second-order valence-corrected chi connectivity index (χ2v) is 7.45. The first kappa shape index (κ1) is 20.1. The molecule has 5 heteroatoms. The fraction of sp³-hybridized carbons (Fsp3) is 0.391. The van der Waals surface area contributed by atoms with E-state index in [1.807, 2.05) is 18.2 Å². The molecule has 28 heavy (non-hydrogen) atoms. The van der Waals surface area contributed by atoms with Crippen molar-refractivity contribution in [1.82, 2.24) is 15.2 Å². The van der Waals surface area contributed by atoms with Crippen LogP contribution < -0.4 is 10.2 Å². The molecule has 1 aliphatic heterocycles. The highest BCUT2D eigenvalue weighted by Crippen LogP contribution is 2.17. The van der Waals surface area contributed by atoms with E-state index < -0.39 is 0 Å². The standard InChI is InChI=1S/C23H30N4O/c1-19-6-5-8-22(18-19)27-16-14-26(15-17-27)13-11-20(2)25-23(28)10-9-21-7-3-4-12-24-21/h3-10,12,18,20H,11,13-17H2,1-2H3,(H,25,28)/b10-9+. The molecule has 1 aromatic heterocycles. The third-order valence-electron chi connectivity index (χ3n) is 5.10. The van der Waals surface area contributed by atoms with Crippen LogP contribution in [0.5, 0.6) is 0 Å². The summed E-state index contributed by atoms with van der Waals surface area (Å²) in [6.07, 6.45) is 5.97. The van der Waals surface area contributed by atoms with E-state index in [1.165, 1.54) is 11.3 Å². The summed E-state index contributed by atoms with van der Waals surface area (Å²) in [7, 11) is 0. The van der Waals surface area contributed by atoms with Gasteiger partial charge >= 0.3 is 0 Å². The Morgan fingerprint density at radius 3 is 2.71 bits per heavy atom. The Kier molecular flexibility index (Phi) is 7.20. The number of rotatable bonds is 7. The van der Waals surface area contributed by atoms with Gasteiger partial charge in [-0.1, -0.05) is 18.2 Å². The average Bonchev–Trinajstić information content (AvgIpc) is 2.72. The lowest BCUT2D eigenvalue weighted by atomic mass is 10.1. The maximum Gasteiger partial charge on any atom is 0.244 e. The van der Waals surface area contributed by atoms with E-state index in [4.69, 9.17) is 0 Å². The summed E-state index contributed by atoms with van der Waals surface area (Å²) in [4.78, 5) is 21.2. The molecule has 1 atom stereocenters. The fourth-order valence-corrected chi connectivity index (χ4v) is 3.43. The van der Waals surface area contributed by atoms with E-state index in [0.717, 1.165) is 44.8 Å².